The monoisotopic (exact) mass is 510 g/mol. The first-order chi connectivity index (χ1) is 17.6. The fraction of sp³-hybridized carbons (Fsp3) is 0.429. The van der Waals surface area contributed by atoms with Crippen molar-refractivity contribution in [2.45, 2.75) is 38.4 Å². The minimum atomic E-state index is -3.28. The minimum Gasteiger partial charge on any atom is -0.467 e. The zero-order valence-electron chi connectivity index (χ0n) is 21.0. The lowest BCUT2D eigenvalue weighted by atomic mass is 9.54. The molecule has 2 aliphatic rings. The maximum Gasteiger partial charge on any atom is 0.336 e. The number of aromatic nitrogens is 1. The Kier molecular flexibility index (Phi) is 7.16. The molecule has 9 heteroatoms. The maximum absolute atomic E-state index is 15.4. The van der Waals surface area contributed by atoms with Crippen LogP contribution < -0.4 is 0 Å². The van der Waals surface area contributed by atoms with Gasteiger partial charge in [0, 0.05) is 42.7 Å². The molecule has 0 unspecified atom stereocenters. The van der Waals surface area contributed by atoms with Crippen LogP contribution in [0.15, 0.2) is 48.7 Å². The smallest absolute Gasteiger partial charge is 0.336 e. The third-order valence-electron chi connectivity index (χ3n) is 7.71. The van der Waals surface area contributed by atoms with Crippen molar-refractivity contribution in [1.82, 2.24) is 4.98 Å². The number of methoxy groups -OCH3 is 2. The number of hydrogen-bond acceptors (Lipinski definition) is 7. The zero-order chi connectivity index (χ0) is 27.0. The molecule has 0 spiro atoms. The molecule has 194 valence electrons. The van der Waals surface area contributed by atoms with Crippen LogP contribution in [0.4, 0.5) is 8.78 Å². The third kappa shape index (κ3) is 4.40. The Morgan fingerprint density at radius 2 is 1.97 bits per heavy atom. The number of rotatable bonds is 6. The van der Waals surface area contributed by atoms with Crippen LogP contribution in [0.3, 0.4) is 0 Å². The van der Waals surface area contributed by atoms with E-state index >= 15 is 8.78 Å². The number of halogens is 2. The molecule has 2 fully saturated rings. The molecule has 0 bridgehead atoms. The SMILES string of the molecule is COC(=O)[C@H](OC)[C@@]12CC(F)(F)[C@@H](C)[C@H](/C=C/c3ccc(-c4ccccc4C#N)cn3)[C@@H]1[C@@H](C)OC2=O. The van der Waals surface area contributed by atoms with Crippen molar-refractivity contribution in [3.63, 3.8) is 0 Å². The number of carbonyl (C=O) groups is 2. The number of ether oxygens (including phenoxy) is 3. The first kappa shape index (κ1) is 26.4. The number of fused-ring (bicyclic) bond motifs is 1. The molecule has 1 saturated heterocycles. The fourth-order valence-corrected chi connectivity index (χ4v) is 5.89. The average molecular weight is 511 g/mol. The van der Waals surface area contributed by atoms with E-state index < -0.39 is 59.7 Å². The Morgan fingerprint density at radius 1 is 1.24 bits per heavy atom. The van der Waals surface area contributed by atoms with Gasteiger partial charge in [-0.1, -0.05) is 37.3 Å². The second-order valence-corrected chi connectivity index (χ2v) is 9.61. The third-order valence-corrected chi connectivity index (χ3v) is 7.71. The molecule has 37 heavy (non-hydrogen) atoms. The number of pyridine rings is 1. The highest BCUT2D eigenvalue weighted by Gasteiger charge is 2.72. The van der Waals surface area contributed by atoms with E-state index in [0.29, 0.717) is 11.3 Å². The van der Waals surface area contributed by atoms with E-state index in [2.05, 4.69) is 11.1 Å². The van der Waals surface area contributed by atoms with Crippen LogP contribution in [0, 0.1) is 34.5 Å². The van der Waals surface area contributed by atoms with Gasteiger partial charge in [0.1, 0.15) is 11.5 Å². The molecule has 1 aliphatic carbocycles. The van der Waals surface area contributed by atoms with Gasteiger partial charge in [-0.05, 0) is 31.1 Å². The summed E-state index contributed by atoms with van der Waals surface area (Å²) in [5, 5.41) is 9.36. The fourth-order valence-electron chi connectivity index (χ4n) is 5.89. The lowest BCUT2D eigenvalue weighted by Gasteiger charge is -2.49. The van der Waals surface area contributed by atoms with E-state index in [0.717, 1.165) is 18.2 Å². The molecule has 7 nitrogen and oxygen atoms in total. The molecule has 0 N–H and O–H groups in total. The second kappa shape index (κ2) is 10.0. The maximum atomic E-state index is 15.4. The number of allylic oxidation sites excluding steroid dienone is 1. The Labute approximate surface area is 214 Å². The van der Waals surface area contributed by atoms with Gasteiger partial charge < -0.3 is 14.2 Å². The minimum absolute atomic E-state index is 0.513. The number of esters is 2. The quantitative estimate of drug-likeness (QED) is 0.521. The topological polar surface area (TPSA) is 98.5 Å². The van der Waals surface area contributed by atoms with Crippen LogP contribution in [0.25, 0.3) is 17.2 Å². The summed E-state index contributed by atoms with van der Waals surface area (Å²) >= 11 is 0. The summed E-state index contributed by atoms with van der Waals surface area (Å²) in [5.41, 5.74) is 0.613. The van der Waals surface area contributed by atoms with Crippen LogP contribution in [-0.2, 0) is 23.8 Å². The number of carbonyl (C=O) groups excluding carboxylic acids is 2. The van der Waals surface area contributed by atoms with Crippen LogP contribution in [0.2, 0.25) is 0 Å². The number of nitriles is 1. The van der Waals surface area contributed by atoms with Gasteiger partial charge in [-0.25, -0.2) is 13.6 Å². The van der Waals surface area contributed by atoms with Gasteiger partial charge in [-0.2, -0.15) is 5.26 Å². The van der Waals surface area contributed by atoms with Crippen molar-refractivity contribution in [3.05, 3.63) is 59.9 Å². The van der Waals surface area contributed by atoms with Crippen molar-refractivity contribution >= 4 is 18.0 Å². The first-order valence-corrected chi connectivity index (χ1v) is 11.9. The highest BCUT2D eigenvalue weighted by Crippen LogP contribution is 2.61. The van der Waals surface area contributed by atoms with E-state index in [1.54, 1.807) is 49.5 Å². The number of benzene rings is 1. The van der Waals surface area contributed by atoms with E-state index in [1.165, 1.54) is 14.0 Å². The number of hydrogen-bond donors (Lipinski definition) is 0. The molecule has 1 saturated carbocycles. The van der Waals surface area contributed by atoms with Gasteiger partial charge in [0.25, 0.3) is 5.92 Å². The van der Waals surface area contributed by atoms with Gasteiger partial charge >= 0.3 is 11.9 Å². The van der Waals surface area contributed by atoms with E-state index in [4.69, 9.17) is 14.2 Å². The molecular weight excluding hydrogens is 482 g/mol. The molecule has 1 aliphatic heterocycles. The molecule has 1 aromatic carbocycles. The number of nitrogens with zero attached hydrogens (tertiary/aromatic N) is 2. The van der Waals surface area contributed by atoms with E-state index in [-0.39, 0.29) is 0 Å². The predicted octanol–water partition coefficient (Wildman–Crippen LogP) is 4.66. The van der Waals surface area contributed by atoms with Crippen molar-refractivity contribution in [2.75, 3.05) is 14.2 Å². The summed E-state index contributed by atoms with van der Waals surface area (Å²) < 4.78 is 46.5. The lowest BCUT2D eigenvalue weighted by molar-refractivity contribution is -0.203. The summed E-state index contributed by atoms with van der Waals surface area (Å²) in [6.45, 7) is 3.08. The van der Waals surface area contributed by atoms with Gasteiger partial charge in [-0.15, -0.1) is 0 Å². The highest BCUT2D eigenvalue weighted by atomic mass is 19.3. The Morgan fingerprint density at radius 3 is 2.59 bits per heavy atom. The Hall–Kier alpha value is -3.64. The largest absolute Gasteiger partial charge is 0.467 e. The molecule has 1 aromatic heterocycles. The summed E-state index contributed by atoms with van der Waals surface area (Å²) in [5.74, 6) is -7.79. The number of cyclic esters (lactones) is 1. The standard InChI is InChI=1S/C28H28F2N2O5/c1-16-21(12-11-20-10-9-19(14-32-20)22-8-6-5-7-18(22)13-31)23-17(2)37-26(34)27(23,15-28(16,29)30)24(35-3)25(33)36-4/h5-12,14,16-17,21,23-24H,15H2,1-4H3/b12-11+/t16-,17+,21-,23-,24-,27+/m0/s1. The van der Waals surface area contributed by atoms with E-state index in [1.807, 2.05) is 12.1 Å². The molecule has 0 radical (unpaired) electrons. The molecule has 0 amide bonds. The van der Waals surface area contributed by atoms with Crippen molar-refractivity contribution in [3.8, 4) is 17.2 Å². The van der Waals surface area contributed by atoms with Crippen LogP contribution in [-0.4, -0.2) is 49.3 Å². The Bertz CT molecular complexity index is 1260. The van der Waals surface area contributed by atoms with Crippen LogP contribution in [0.1, 0.15) is 31.5 Å². The van der Waals surface area contributed by atoms with Gasteiger partial charge in [0.2, 0.25) is 0 Å². The first-order valence-electron chi connectivity index (χ1n) is 11.9. The summed E-state index contributed by atoms with van der Waals surface area (Å²) in [4.78, 5) is 30.1. The van der Waals surface area contributed by atoms with Crippen LogP contribution in [0.5, 0.6) is 0 Å². The number of alkyl halides is 2. The predicted molar refractivity (Wildman–Crippen MR) is 130 cm³/mol. The van der Waals surface area contributed by atoms with Crippen molar-refractivity contribution in [1.29, 1.82) is 5.26 Å². The zero-order valence-corrected chi connectivity index (χ0v) is 21.0. The summed E-state index contributed by atoms with van der Waals surface area (Å²) in [6.07, 6.45) is 1.72. The summed E-state index contributed by atoms with van der Waals surface area (Å²) in [6, 6.07) is 12.8. The molecule has 2 aromatic rings. The van der Waals surface area contributed by atoms with E-state index in [9.17, 15) is 14.9 Å². The normalized spacial score (nSPS) is 29.3. The van der Waals surface area contributed by atoms with Crippen molar-refractivity contribution < 1.29 is 32.6 Å². The molecular formula is C28H28F2N2O5. The molecule has 6 atom stereocenters. The van der Waals surface area contributed by atoms with Gasteiger partial charge in [-0.3, -0.25) is 9.78 Å². The van der Waals surface area contributed by atoms with Gasteiger partial charge in [0.05, 0.1) is 24.4 Å². The van der Waals surface area contributed by atoms with Gasteiger partial charge in [0.15, 0.2) is 6.10 Å². The lowest BCUT2D eigenvalue weighted by Crippen LogP contribution is -2.60. The van der Waals surface area contributed by atoms with Crippen molar-refractivity contribution in [2.24, 2.45) is 23.2 Å². The molecule has 4 rings (SSSR count). The average Bonchev–Trinajstić information content (AvgIpc) is 3.13. The highest BCUT2D eigenvalue weighted by molar-refractivity contribution is 5.89. The second-order valence-electron chi connectivity index (χ2n) is 9.61. The van der Waals surface area contributed by atoms with Crippen LogP contribution >= 0.6 is 0 Å². The Balaban J connectivity index is 1.71. The summed E-state index contributed by atoms with van der Waals surface area (Å²) in [7, 11) is 2.32. The molecule has 2 heterocycles.